The standard InChI is InChI=1S/C19H27N3O2S/c1-3-4-11-20-18(24)21-12-9-19(10-13-21)22(17(23)14-25-19)16-7-5-15(2)6-8-16/h5-8H,3-4,9-14H2,1-2H3,(H,20,24). The Morgan fingerprint density at radius 1 is 1.24 bits per heavy atom. The smallest absolute Gasteiger partial charge is 0.317 e. The Balaban J connectivity index is 1.67. The summed E-state index contributed by atoms with van der Waals surface area (Å²) < 4.78 is 0. The second-order valence-corrected chi connectivity index (χ2v) is 8.21. The minimum Gasteiger partial charge on any atom is -0.338 e. The van der Waals surface area contributed by atoms with E-state index in [4.69, 9.17) is 0 Å². The van der Waals surface area contributed by atoms with E-state index in [1.54, 1.807) is 11.8 Å². The number of aryl methyl sites for hydroxylation is 1. The third kappa shape index (κ3) is 3.78. The second-order valence-electron chi connectivity index (χ2n) is 6.87. The Labute approximate surface area is 154 Å². The zero-order valence-electron chi connectivity index (χ0n) is 15.1. The first kappa shape index (κ1) is 18.1. The molecule has 0 radical (unpaired) electrons. The number of carbonyl (C=O) groups excluding carboxylic acids is 2. The predicted octanol–water partition coefficient (Wildman–Crippen LogP) is 3.38. The van der Waals surface area contributed by atoms with Crippen LogP contribution in [-0.4, -0.2) is 47.1 Å². The molecule has 1 N–H and O–H groups in total. The molecule has 25 heavy (non-hydrogen) atoms. The molecule has 5 nitrogen and oxygen atoms in total. The highest BCUT2D eigenvalue weighted by Crippen LogP contribution is 2.46. The lowest BCUT2D eigenvalue weighted by molar-refractivity contribution is -0.116. The molecule has 2 heterocycles. The number of thioether (sulfide) groups is 1. The molecule has 136 valence electrons. The molecule has 0 aromatic heterocycles. The normalized spacial score (nSPS) is 19.5. The summed E-state index contributed by atoms with van der Waals surface area (Å²) in [6.45, 7) is 6.29. The third-order valence-electron chi connectivity index (χ3n) is 5.05. The van der Waals surface area contributed by atoms with E-state index in [0.717, 1.165) is 37.9 Å². The van der Waals surface area contributed by atoms with Crippen LogP contribution < -0.4 is 10.2 Å². The van der Waals surface area contributed by atoms with Crippen LogP contribution in [0.1, 0.15) is 38.2 Å². The molecule has 2 fully saturated rings. The summed E-state index contributed by atoms with van der Waals surface area (Å²) in [5.41, 5.74) is 2.16. The first-order valence-corrected chi connectivity index (χ1v) is 10.1. The highest BCUT2D eigenvalue weighted by atomic mass is 32.2. The summed E-state index contributed by atoms with van der Waals surface area (Å²) in [6, 6.07) is 8.19. The van der Waals surface area contributed by atoms with Crippen LogP contribution in [0, 0.1) is 6.92 Å². The maximum atomic E-state index is 12.5. The van der Waals surface area contributed by atoms with Crippen LogP contribution in [0.4, 0.5) is 10.5 Å². The fourth-order valence-electron chi connectivity index (χ4n) is 3.54. The summed E-state index contributed by atoms with van der Waals surface area (Å²) in [5.74, 6) is 0.700. The Hall–Kier alpha value is -1.69. The molecule has 0 saturated carbocycles. The maximum Gasteiger partial charge on any atom is 0.317 e. The fraction of sp³-hybridized carbons (Fsp3) is 0.579. The van der Waals surface area contributed by atoms with Gasteiger partial charge in [-0.15, -0.1) is 11.8 Å². The van der Waals surface area contributed by atoms with Gasteiger partial charge in [0.1, 0.15) is 0 Å². The molecule has 0 unspecified atom stereocenters. The van der Waals surface area contributed by atoms with Crippen LogP contribution in [0.15, 0.2) is 24.3 Å². The van der Waals surface area contributed by atoms with Gasteiger partial charge in [0, 0.05) is 25.3 Å². The molecule has 0 bridgehead atoms. The number of rotatable bonds is 4. The number of hydrogen-bond acceptors (Lipinski definition) is 3. The topological polar surface area (TPSA) is 52.7 Å². The van der Waals surface area contributed by atoms with Gasteiger partial charge in [0.15, 0.2) is 0 Å². The van der Waals surface area contributed by atoms with Gasteiger partial charge in [-0.05, 0) is 38.3 Å². The van der Waals surface area contributed by atoms with Gasteiger partial charge in [-0.1, -0.05) is 31.0 Å². The Morgan fingerprint density at radius 3 is 2.56 bits per heavy atom. The van der Waals surface area contributed by atoms with Crippen molar-refractivity contribution in [2.45, 2.75) is 44.4 Å². The number of urea groups is 1. The number of hydrogen-bond donors (Lipinski definition) is 1. The number of piperidine rings is 1. The molecule has 1 spiro atoms. The van der Waals surface area contributed by atoms with Crippen molar-refractivity contribution in [3.8, 4) is 0 Å². The van der Waals surface area contributed by atoms with E-state index < -0.39 is 0 Å². The van der Waals surface area contributed by atoms with Crippen molar-refractivity contribution in [1.82, 2.24) is 10.2 Å². The highest BCUT2D eigenvalue weighted by molar-refractivity contribution is 8.02. The SMILES string of the molecule is CCCCNC(=O)N1CCC2(CC1)SCC(=O)N2c1ccc(C)cc1. The molecule has 6 heteroatoms. The quantitative estimate of drug-likeness (QED) is 0.837. The van der Waals surface area contributed by atoms with Gasteiger partial charge in [0.05, 0.1) is 10.6 Å². The van der Waals surface area contributed by atoms with Crippen LogP contribution in [-0.2, 0) is 4.79 Å². The number of benzene rings is 1. The molecule has 0 atom stereocenters. The second kappa shape index (κ2) is 7.68. The lowest BCUT2D eigenvalue weighted by Crippen LogP contribution is -2.54. The van der Waals surface area contributed by atoms with E-state index in [0.29, 0.717) is 18.8 Å². The average Bonchev–Trinajstić information content (AvgIpc) is 2.93. The van der Waals surface area contributed by atoms with E-state index in [-0.39, 0.29) is 16.8 Å². The number of nitrogens with one attached hydrogen (secondary N) is 1. The largest absolute Gasteiger partial charge is 0.338 e. The summed E-state index contributed by atoms with van der Waals surface area (Å²) in [5, 5.41) is 2.99. The number of unbranched alkanes of at least 4 members (excludes halogenated alkanes) is 1. The van der Waals surface area contributed by atoms with Crippen molar-refractivity contribution in [3.63, 3.8) is 0 Å². The van der Waals surface area contributed by atoms with Gasteiger partial charge in [-0.3, -0.25) is 9.69 Å². The van der Waals surface area contributed by atoms with E-state index in [2.05, 4.69) is 31.3 Å². The minimum atomic E-state index is -0.202. The van der Waals surface area contributed by atoms with Crippen LogP contribution in [0.3, 0.4) is 0 Å². The summed E-state index contributed by atoms with van der Waals surface area (Å²) >= 11 is 1.73. The number of nitrogens with zero attached hydrogens (tertiary/aromatic N) is 2. The van der Waals surface area contributed by atoms with E-state index in [1.165, 1.54) is 5.56 Å². The lowest BCUT2D eigenvalue weighted by Gasteiger charge is -2.43. The van der Waals surface area contributed by atoms with Crippen molar-refractivity contribution in [3.05, 3.63) is 29.8 Å². The van der Waals surface area contributed by atoms with Crippen molar-refractivity contribution in [1.29, 1.82) is 0 Å². The first-order valence-electron chi connectivity index (χ1n) is 9.12. The Bertz CT molecular complexity index is 624. The van der Waals surface area contributed by atoms with Crippen molar-refractivity contribution in [2.75, 3.05) is 30.3 Å². The van der Waals surface area contributed by atoms with Crippen LogP contribution in [0.25, 0.3) is 0 Å². The average molecular weight is 362 g/mol. The maximum absolute atomic E-state index is 12.5. The van der Waals surface area contributed by atoms with Crippen LogP contribution >= 0.6 is 11.8 Å². The molecule has 3 amide bonds. The summed E-state index contributed by atoms with van der Waals surface area (Å²) in [7, 11) is 0. The molecule has 2 aliphatic rings. The van der Waals surface area contributed by atoms with Crippen LogP contribution in [0.2, 0.25) is 0 Å². The van der Waals surface area contributed by atoms with E-state index in [1.807, 2.05) is 21.9 Å². The molecular formula is C19H27N3O2S. The Morgan fingerprint density at radius 2 is 1.92 bits per heavy atom. The van der Waals surface area contributed by atoms with Gasteiger partial charge in [-0.2, -0.15) is 0 Å². The van der Waals surface area contributed by atoms with Crippen molar-refractivity contribution < 1.29 is 9.59 Å². The van der Waals surface area contributed by atoms with E-state index in [9.17, 15) is 9.59 Å². The predicted molar refractivity (Wildman–Crippen MR) is 103 cm³/mol. The van der Waals surface area contributed by atoms with Gasteiger partial charge >= 0.3 is 6.03 Å². The lowest BCUT2D eigenvalue weighted by atomic mass is 10.0. The summed E-state index contributed by atoms with van der Waals surface area (Å²) in [6.07, 6.45) is 3.72. The number of carbonyl (C=O) groups is 2. The number of likely N-dealkylation sites (tertiary alicyclic amines) is 1. The Kier molecular flexibility index (Phi) is 5.57. The number of amides is 3. The first-order chi connectivity index (χ1) is 12.1. The van der Waals surface area contributed by atoms with E-state index >= 15 is 0 Å². The number of anilines is 1. The monoisotopic (exact) mass is 361 g/mol. The highest BCUT2D eigenvalue weighted by Gasteiger charge is 2.49. The zero-order valence-corrected chi connectivity index (χ0v) is 15.9. The van der Waals surface area contributed by atoms with Crippen molar-refractivity contribution >= 4 is 29.4 Å². The summed E-state index contributed by atoms with van der Waals surface area (Å²) in [4.78, 5) is 28.5. The molecule has 1 aromatic rings. The van der Waals surface area contributed by atoms with Gasteiger partial charge < -0.3 is 10.2 Å². The molecule has 3 rings (SSSR count). The molecule has 2 saturated heterocycles. The third-order valence-corrected chi connectivity index (χ3v) is 6.57. The molecular weight excluding hydrogens is 334 g/mol. The molecule has 1 aromatic carbocycles. The van der Waals surface area contributed by atoms with Crippen LogP contribution in [0.5, 0.6) is 0 Å². The minimum absolute atomic E-state index is 0.0273. The zero-order chi connectivity index (χ0) is 17.9. The molecule has 0 aliphatic carbocycles. The van der Waals surface area contributed by atoms with Gasteiger partial charge in [0.2, 0.25) is 5.91 Å². The van der Waals surface area contributed by atoms with Crippen molar-refractivity contribution in [2.24, 2.45) is 0 Å². The van der Waals surface area contributed by atoms with Gasteiger partial charge in [-0.25, -0.2) is 4.79 Å². The molecule has 2 aliphatic heterocycles. The fourth-order valence-corrected chi connectivity index (χ4v) is 4.87. The van der Waals surface area contributed by atoms with Gasteiger partial charge in [0.25, 0.3) is 0 Å².